The molecule has 8 nitrogen and oxygen atoms in total. The Morgan fingerprint density at radius 2 is 1.43 bits per heavy atom. The van der Waals surface area contributed by atoms with Crippen LogP contribution in [0, 0.1) is 0 Å². The summed E-state index contributed by atoms with van der Waals surface area (Å²) in [6.45, 7) is 12.3. The monoisotopic (exact) mass is 352 g/mol. The van der Waals surface area contributed by atoms with E-state index < -0.39 is 19.8 Å². The lowest BCUT2D eigenvalue weighted by molar-refractivity contribution is -0.134. The van der Waals surface area contributed by atoms with Gasteiger partial charge in [-0.15, -0.1) is 0 Å². The summed E-state index contributed by atoms with van der Waals surface area (Å²) in [6.07, 6.45) is 0.888. The topological polar surface area (TPSA) is 108 Å². The first-order valence-corrected chi connectivity index (χ1v) is 8.39. The van der Waals surface area contributed by atoms with Crippen molar-refractivity contribution in [3.63, 3.8) is 0 Å². The molecule has 0 radical (unpaired) electrons. The first kappa shape index (κ1) is 23.8. The molecule has 0 aliphatic rings. The minimum absolute atomic E-state index is 0.0374. The van der Waals surface area contributed by atoms with Crippen LogP contribution in [0.25, 0.3) is 0 Å². The number of carbonyl (C=O) groups is 2. The van der Waals surface area contributed by atoms with Gasteiger partial charge in [0.25, 0.3) is 0 Å². The molecule has 0 saturated heterocycles. The Kier molecular flexibility index (Phi) is 13.5. The maximum absolute atomic E-state index is 11.3. The van der Waals surface area contributed by atoms with Crippen LogP contribution < -0.4 is 0 Å². The van der Waals surface area contributed by atoms with Crippen molar-refractivity contribution in [2.75, 3.05) is 19.8 Å². The second-order valence-electron chi connectivity index (χ2n) is 3.99. The number of hydrogen-bond donors (Lipinski definition) is 1. The van der Waals surface area contributed by atoms with Gasteiger partial charge in [-0.05, 0) is 34.6 Å². The average molecular weight is 352 g/mol. The minimum Gasteiger partial charge on any atom is -0.478 e. The molecule has 0 saturated carbocycles. The maximum atomic E-state index is 11.3. The summed E-state index contributed by atoms with van der Waals surface area (Å²) in [6, 6.07) is 0. The standard InChI is InChI=1S/C8H10O4.C6H15O4P/c1-5(2)8(11)12-4-6(3)7(9)10;1-4-8-11(7,9-5-2)10-6-3/h4H,1H2,2-3H3,(H,9,10);4-6H2,1-3H3. The molecule has 0 unspecified atom stereocenters. The molecule has 0 amide bonds. The quantitative estimate of drug-likeness (QED) is 0.291. The van der Waals surface area contributed by atoms with Gasteiger partial charge in [-0.1, -0.05) is 6.58 Å². The number of ether oxygens (including phenoxy) is 1. The highest BCUT2D eigenvalue weighted by Crippen LogP contribution is 2.48. The predicted octanol–water partition coefficient (Wildman–Crippen LogP) is 3.30. The van der Waals surface area contributed by atoms with Gasteiger partial charge in [-0.25, -0.2) is 14.2 Å². The third kappa shape index (κ3) is 12.7. The Morgan fingerprint density at radius 3 is 1.70 bits per heavy atom. The van der Waals surface area contributed by atoms with Crippen LogP contribution in [0.1, 0.15) is 34.6 Å². The van der Waals surface area contributed by atoms with Crippen LogP contribution in [0.2, 0.25) is 0 Å². The van der Waals surface area contributed by atoms with Gasteiger partial charge in [-0.3, -0.25) is 13.6 Å². The molecule has 0 aliphatic carbocycles. The maximum Gasteiger partial charge on any atom is 0.474 e. The van der Waals surface area contributed by atoms with Crippen molar-refractivity contribution in [2.24, 2.45) is 0 Å². The molecule has 0 spiro atoms. The summed E-state index contributed by atoms with van der Waals surface area (Å²) >= 11 is 0. The number of rotatable bonds is 9. The second-order valence-corrected chi connectivity index (χ2v) is 5.66. The van der Waals surface area contributed by atoms with Gasteiger partial charge >= 0.3 is 19.8 Å². The van der Waals surface area contributed by atoms with Crippen molar-refractivity contribution in [3.05, 3.63) is 24.0 Å². The van der Waals surface area contributed by atoms with E-state index in [1.54, 1.807) is 20.8 Å². The molecule has 1 N–H and O–H groups in total. The lowest BCUT2D eigenvalue weighted by Gasteiger charge is -2.14. The predicted molar refractivity (Wildman–Crippen MR) is 84.8 cm³/mol. The normalized spacial score (nSPS) is 11.3. The van der Waals surface area contributed by atoms with E-state index >= 15 is 0 Å². The fourth-order valence-electron chi connectivity index (χ4n) is 0.879. The zero-order valence-electron chi connectivity index (χ0n) is 14.2. The smallest absolute Gasteiger partial charge is 0.474 e. The van der Waals surface area contributed by atoms with Gasteiger partial charge in [-0.2, -0.15) is 0 Å². The van der Waals surface area contributed by atoms with Crippen molar-refractivity contribution in [3.8, 4) is 0 Å². The third-order valence-electron chi connectivity index (χ3n) is 1.89. The first-order chi connectivity index (χ1) is 10.6. The van der Waals surface area contributed by atoms with Crippen molar-refractivity contribution in [1.82, 2.24) is 0 Å². The largest absolute Gasteiger partial charge is 0.478 e. The molecule has 0 rings (SSSR count). The molecule has 0 atom stereocenters. The molecular weight excluding hydrogens is 327 g/mol. The van der Waals surface area contributed by atoms with Crippen LogP contribution in [-0.2, 0) is 32.5 Å². The summed E-state index contributed by atoms with van der Waals surface area (Å²) in [5.74, 6) is -1.75. The Morgan fingerprint density at radius 1 is 1.04 bits per heavy atom. The molecule has 0 aromatic carbocycles. The van der Waals surface area contributed by atoms with E-state index in [4.69, 9.17) is 18.7 Å². The molecule has 9 heteroatoms. The van der Waals surface area contributed by atoms with Crippen molar-refractivity contribution in [2.45, 2.75) is 34.6 Å². The number of carboxylic acids is 1. The SMILES string of the molecule is C=C(C)C(=O)OC=C(C)C(=O)O.CCOP(=O)(OCC)OCC. The Balaban J connectivity index is 0. The van der Waals surface area contributed by atoms with Gasteiger partial charge < -0.3 is 9.84 Å². The zero-order valence-corrected chi connectivity index (χ0v) is 15.1. The molecule has 0 aliphatic heterocycles. The number of hydrogen-bond acceptors (Lipinski definition) is 7. The van der Waals surface area contributed by atoms with E-state index in [9.17, 15) is 14.2 Å². The number of esters is 1. The summed E-state index contributed by atoms with van der Waals surface area (Å²) in [5.41, 5.74) is 0.189. The average Bonchev–Trinajstić information content (AvgIpc) is 2.45. The molecule has 23 heavy (non-hydrogen) atoms. The molecule has 0 aromatic rings. The highest BCUT2D eigenvalue weighted by atomic mass is 31.2. The first-order valence-electron chi connectivity index (χ1n) is 6.93. The fourth-order valence-corrected chi connectivity index (χ4v) is 2.05. The molecule has 0 heterocycles. The van der Waals surface area contributed by atoms with Crippen LogP contribution in [-0.4, -0.2) is 36.9 Å². The Bertz CT molecular complexity index is 446. The second kappa shape index (κ2) is 13.0. The van der Waals surface area contributed by atoms with Crippen LogP contribution >= 0.6 is 7.82 Å². The van der Waals surface area contributed by atoms with Gasteiger partial charge in [0, 0.05) is 5.57 Å². The summed E-state index contributed by atoms with van der Waals surface area (Å²) in [7, 11) is -3.22. The fraction of sp³-hybridized carbons (Fsp3) is 0.571. The van der Waals surface area contributed by atoms with Gasteiger partial charge in [0.05, 0.1) is 25.4 Å². The number of phosphoric acid groups is 1. The minimum atomic E-state index is -3.22. The molecule has 0 fully saturated rings. The Labute approximate surface area is 136 Å². The van der Waals surface area contributed by atoms with Gasteiger partial charge in [0.1, 0.15) is 6.26 Å². The summed E-state index contributed by atoms with van der Waals surface area (Å²) < 4.78 is 30.3. The van der Waals surface area contributed by atoms with Crippen molar-refractivity contribution < 1.29 is 37.6 Å². The van der Waals surface area contributed by atoms with Crippen LogP contribution in [0.3, 0.4) is 0 Å². The number of carbonyl (C=O) groups excluding carboxylic acids is 1. The number of aliphatic carboxylic acids is 1. The van der Waals surface area contributed by atoms with Gasteiger partial charge in [0.15, 0.2) is 0 Å². The van der Waals surface area contributed by atoms with Crippen LogP contribution in [0.15, 0.2) is 24.0 Å². The van der Waals surface area contributed by atoms with E-state index in [-0.39, 0.29) is 11.1 Å². The van der Waals surface area contributed by atoms with Crippen LogP contribution in [0.4, 0.5) is 0 Å². The highest BCUT2D eigenvalue weighted by Gasteiger charge is 2.23. The van der Waals surface area contributed by atoms with E-state index in [2.05, 4.69) is 11.3 Å². The summed E-state index contributed by atoms with van der Waals surface area (Å²) in [4.78, 5) is 20.9. The highest BCUT2D eigenvalue weighted by molar-refractivity contribution is 7.48. The van der Waals surface area contributed by atoms with Crippen LogP contribution in [0.5, 0.6) is 0 Å². The third-order valence-corrected chi connectivity index (χ3v) is 3.61. The van der Waals surface area contributed by atoms with E-state index in [0.717, 1.165) is 6.26 Å². The van der Waals surface area contributed by atoms with E-state index in [1.165, 1.54) is 13.8 Å². The number of phosphoric ester groups is 1. The van der Waals surface area contributed by atoms with E-state index in [1.807, 2.05) is 0 Å². The zero-order chi connectivity index (χ0) is 18.5. The number of carboxylic acid groups (broad SMARTS) is 1. The molecule has 0 bridgehead atoms. The molecule has 134 valence electrons. The summed E-state index contributed by atoms with van der Waals surface area (Å²) in [5, 5.41) is 8.35. The van der Waals surface area contributed by atoms with Gasteiger partial charge in [0.2, 0.25) is 0 Å². The van der Waals surface area contributed by atoms with E-state index in [0.29, 0.717) is 19.8 Å². The lowest BCUT2D eigenvalue weighted by Crippen LogP contribution is -2.03. The van der Waals surface area contributed by atoms with Crippen molar-refractivity contribution in [1.29, 1.82) is 0 Å². The Hall–Kier alpha value is -1.47. The lowest BCUT2D eigenvalue weighted by atomic mass is 10.3. The molecule has 0 aromatic heterocycles. The van der Waals surface area contributed by atoms with Crippen molar-refractivity contribution >= 4 is 19.8 Å². The molecular formula is C14H25O8P.